The van der Waals surface area contributed by atoms with Crippen LogP contribution in [0.25, 0.3) is 5.95 Å². The van der Waals surface area contributed by atoms with Gasteiger partial charge in [-0.05, 0) is 24.6 Å². The standard InChI is InChI=1S/C17H15F3N4O2/c1-11-3-2-4-15(17(18,19)20)14(11)10-26-13-7-21-16(22-8-13)24-6-5-12(9-25)23-24/h2-8,25H,9-10H2,1H3. The van der Waals surface area contributed by atoms with Crippen LogP contribution in [0.15, 0.2) is 42.9 Å². The quantitative estimate of drug-likeness (QED) is 0.753. The Morgan fingerprint density at radius 1 is 1.15 bits per heavy atom. The molecule has 136 valence electrons. The molecule has 0 fully saturated rings. The van der Waals surface area contributed by atoms with Gasteiger partial charge in [-0.15, -0.1) is 0 Å². The molecule has 26 heavy (non-hydrogen) atoms. The molecule has 9 heteroatoms. The fraction of sp³-hybridized carbons (Fsp3) is 0.235. The monoisotopic (exact) mass is 364 g/mol. The first-order valence-corrected chi connectivity index (χ1v) is 7.65. The van der Waals surface area contributed by atoms with E-state index in [1.807, 2.05) is 0 Å². The topological polar surface area (TPSA) is 73.1 Å². The highest BCUT2D eigenvalue weighted by atomic mass is 19.4. The van der Waals surface area contributed by atoms with Gasteiger partial charge in [-0.1, -0.05) is 12.1 Å². The maximum absolute atomic E-state index is 13.1. The molecule has 0 saturated carbocycles. The molecule has 3 rings (SSSR count). The van der Waals surface area contributed by atoms with Gasteiger partial charge in [0.1, 0.15) is 6.61 Å². The lowest BCUT2D eigenvalue weighted by molar-refractivity contribution is -0.138. The van der Waals surface area contributed by atoms with Gasteiger partial charge in [0, 0.05) is 11.8 Å². The summed E-state index contributed by atoms with van der Waals surface area (Å²) in [5.74, 6) is 0.489. The molecule has 2 heterocycles. The zero-order chi connectivity index (χ0) is 18.7. The molecule has 0 aliphatic heterocycles. The van der Waals surface area contributed by atoms with Crippen LogP contribution in [0.5, 0.6) is 5.75 Å². The van der Waals surface area contributed by atoms with E-state index < -0.39 is 11.7 Å². The summed E-state index contributed by atoms with van der Waals surface area (Å²) in [5, 5.41) is 13.1. The minimum Gasteiger partial charge on any atom is -0.486 e. The smallest absolute Gasteiger partial charge is 0.416 e. The second-order valence-corrected chi connectivity index (χ2v) is 5.52. The first-order valence-electron chi connectivity index (χ1n) is 7.65. The van der Waals surface area contributed by atoms with E-state index in [0.29, 0.717) is 11.3 Å². The lowest BCUT2D eigenvalue weighted by atomic mass is 10.0. The van der Waals surface area contributed by atoms with Gasteiger partial charge in [0.2, 0.25) is 0 Å². The largest absolute Gasteiger partial charge is 0.486 e. The second-order valence-electron chi connectivity index (χ2n) is 5.52. The zero-order valence-electron chi connectivity index (χ0n) is 13.7. The Balaban J connectivity index is 1.75. The maximum Gasteiger partial charge on any atom is 0.416 e. The van der Waals surface area contributed by atoms with Crippen LogP contribution in [0.3, 0.4) is 0 Å². The number of ether oxygens (including phenoxy) is 1. The third-order valence-electron chi connectivity index (χ3n) is 3.72. The predicted molar refractivity (Wildman–Crippen MR) is 85.6 cm³/mol. The first-order chi connectivity index (χ1) is 12.4. The Morgan fingerprint density at radius 2 is 1.88 bits per heavy atom. The van der Waals surface area contributed by atoms with Crippen LogP contribution in [-0.4, -0.2) is 24.9 Å². The Kier molecular flexibility index (Phi) is 4.90. The normalized spacial score (nSPS) is 11.6. The Morgan fingerprint density at radius 3 is 2.50 bits per heavy atom. The summed E-state index contributed by atoms with van der Waals surface area (Å²) < 4.78 is 46.2. The number of aliphatic hydroxyl groups excluding tert-OH is 1. The molecule has 0 saturated heterocycles. The summed E-state index contributed by atoms with van der Waals surface area (Å²) in [6.45, 7) is 1.15. The summed E-state index contributed by atoms with van der Waals surface area (Å²) in [7, 11) is 0. The van der Waals surface area contributed by atoms with Crippen molar-refractivity contribution in [2.24, 2.45) is 0 Å². The average molecular weight is 364 g/mol. The highest BCUT2D eigenvalue weighted by Gasteiger charge is 2.33. The van der Waals surface area contributed by atoms with Crippen LogP contribution >= 0.6 is 0 Å². The summed E-state index contributed by atoms with van der Waals surface area (Å²) >= 11 is 0. The van der Waals surface area contributed by atoms with Gasteiger partial charge in [0.25, 0.3) is 5.95 Å². The van der Waals surface area contributed by atoms with E-state index >= 15 is 0 Å². The van der Waals surface area contributed by atoms with E-state index in [-0.39, 0.29) is 30.5 Å². The van der Waals surface area contributed by atoms with Crippen LogP contribution in [0.1, 0.15) is 22.4 Å². The van der Waals surface area contributed by atoms with Crippen molar-refractivity contribution < 1.29 is 23.0 Å². The molecule has 0 radical (unpaired) electrons. The predicted octanol–water partition coefficient (Wildman–Crippen LogP) is 3.06. The molecule has 3 aromatic rings. The number of benzene rings is 1. The van der Waals surface area contributed by atoms with Gasteiger partial charge in [0.05, 0.1) is 30.3 Å². The zero-order valence-corrected chi connectivity index (χ0v) is 13.7. The molecule has 0 amide bonds. The van der Waals surface area contributed by atoms with Crippen molar-refractivity contribution >= 4 is 0 Å². The number of hydrogen-bond acceptors (Lipinski definition) is 5. The summed E-state index contributed by atoms with van der Waals surface area (Å²) in [6, 6.07) is 5.61. The maximum atomic E-state index is 13.1. The first kappa shape index (κ1) is 17.9. The molecular weight excluding hydrogens is 349 g/mol. The van der Waals surface area contributed by atoms with Gasteiger partial charge in [-0.3, -0.25) is 0 Å². The molecule has 0 aliphatic rings. The van der Waals surface area contributed by atoms with Crippen LogP contribution in [0.2, 0.25) is 0 Å². The second kappa shape index (κ2) is 7.12. The number of aromatic nitrogens is 4. The van der Waals surface area contributed by atoms with Crippen LogP contribution in [0, 0.1) is 6.92 Å². The molecule has 1 N–H and O–H groups in total. The minimum absolute atomic E-state index is 0.0729. The Bertz CT molecular complexity index is 892. The van der Waals surface area contributed by atoms with Crippen molar-refractivity contribution in [3.63, 3.8) is 0 Å². The van der Waals surface area contributed by atoms with Crippen LogP contribution in [-0.2, 0) is 19.4 Å². The van der Waals surface area contributed by atoms with Crippen LogP contribution in [0.4, 0.5) is 13.2 Å². The fourth-order valence-corrected chi connectivity index (χ4v) is 2.37. The van der Waals surface area contributed by atoms with E-state index in [9.17, 15) is 13.2 Å². The molecule has 0 bridgehead atoms. The van der Waals surface area contributed by atoms with Gasteiger partial charge in [-0.25, -0.2) is 14.6 Å². The number of alkyl halides is 3. The van der Waals surface area contributed by atoms with Crippen LogP contribution < -0.4 is 4.74 Å². The molecule has 0 aliphatic carbocycles. The van der Waals surface area contributed by atoms with Gasteiger partial charge in [0.15, 0.2) is 5.75 Å². The van der Waals surface area contributed by atoms with E-state index in [4.69, 9.17) is 9.84 Å². The van der Waals surface area contributed by atoms with Gasteiger partial charge in [-0.2, -0.15) is 18.3 Å². The lowest BCUT2D eigenvalue weighted by Crippen LogP contribution is -2.12. The van der Waals surface area contributed by atoms with E-state index in [1.54, 1.807) is 25.3 Å². The molecule has 0 atom stereocenters. The van der Waals surface area contributed by atoms with Gasteiger partial charge < -0.3 is 9.84 Å². The molecule has 0 spiro atoms. The number of aliphatic hydroxyl groups is 1. The van der Waals surface area contributed by atoms with Crippen molar-refractivity contribution in [1.82, 2.24) is 19.7 Å². The van der Waals surface area contributed by atoms with E-state index in [0.717, 1.165) is 6.07 Å². The van der Waals surface area contributed by atoms with Crippen molar-refractivity contribution in [2.45, 2.75) is 26.3 Å². The SMILES string of the molecule is Cc1cccc(C(F)(F)F)c1COc1cnc(-n2ccc(CO)n2)nc1. The Labute approximate surface area is 146 Å². The third-order valence-corrected chi connectivity index (χ3v) is 3.72. The fourth-order valence-electron chi connectivity index (χ4n) is 2.37. The van der Waals surface area contributed by atoms with Crippen molar-refractivity contribution in [2.75, 3.05) is 0 Å². The minimum atomic E-state index is -4.45. The summed E-state index contributed by atoms with van der Waals surface area (Å²) in [6.07, 6.45) is -0.151. The van der Waals surface area contributed by atoms with Crippen molar-refractivity contribution in [1.29, 1.82) is 0 Å². The highest BCUT2D eigenvalue weighted by molar-refractivity contribution is 5.36. The molecule has 6 nitrogen and oxygen atoms in total. The lowest BCUT2D eigenvalue weighted by Gasteiger charge is -2.15. The number of hydrogen-bond donors (Lipinski definition) is 1. The number of rotatable bonds is 5. The van der Waals surface area contributed by atoms with E-state index in [2.05, 4.69) is 15.1 Å². The summed E-state index contributed by atoms with van der Waals surface area (Å²) in [4.78, 5) is 8.13. The average Bonchev–Trinajstić information content (AvgIpc) is 3.09. The third kappa shape index (κ3) is 3.83. The molecule has 1 aromatic carbocycles. The molecular formula is C17H15F3N4O2. The number of nitrogens with zero attached hydrogens (tertiary/aromatic N) is 4. The van der Waals surface area contributed by atoms with E-state index in [1.165, 1.54) is 23.1 Å². The van der Waals surface area contributed by atoms with Gasteiger partial charge >= 0.3 is 6.18 Å². The number of halogens is 3. The van der Waals surface area contributed by atoms with Crippen molar-refractivity contribution in [3.8, 4) is 11.7 Å². The Hall–Kier alpha value is -2.94. The highest BCUT2D eigenvalue weighted by Crippen LogP contribution is 2.33. The number of aryl methyl sites for hydroxylation is 1. The molecule has 0 unspecified atom stereocenters. The van der Waals surface area contributed by atoms with Crippen molar-refractivity contribution in [3.05, 3.63) is 65.2 Å². The summed E-state index contributed by atoms with van der Waals surface area (Å²) in [5.41, 5.74) is 0.311. The molecule has 2 aromatic heterocycles.